The van der Waals surface area contributed by atoms with Crippen molar-refractivity contribution in [1.82, 2.24) is 4.90 Å². The minimum atomic E-state index is -0.726. The van der Waals surface area contributed by atoms with E-state index in [1.807, 2.05) is 20.0 Å². The van der Waals surface area contributed by atoms with Crippen LogP contribution < -0.4 is 0 Å². The first-order valence-electron chi connectivity index (χ1n) is 5.47. The molecule has 0 aliphatic carbocycles. The van der Waals surface area contributed by atoms with Crippen LogP contribution in [0.1, 0.15) is 18.7 Å². The van der Waals surface area contributed by atoms with Gasteiger partial charge in [0.15, 0.2) is 0 Å². The first-order chi connectivity index (χ1) is 7.52. The predicted octanol–water partition coefficient (Wildman–Crippen LogP) is 2.33. The molecule has 0 aromatic carbocycles. The van der Waals surface area contributed by atoms with E-state index in [1.54, 1.807) is 18.3 Å². The van der Waals surface area contributed by atoms with Gasteiger partial charge in [0, 0.05) is 17.5 Å². The van der Waals surface area contributed by atoms with E-state index < -0.39 is 5.97 Å². The van der Waals surface area contributed by atoms with E-state index in [0.29, 0.717) is 0 Å². The predicted molar refractivity (Wildman–Crippen MR) is 66.9 cm³/mol. The minimum absolute atomic E-state index is 0.0671. The van der Waals surface area contributed by atoms with Crippen LogP contribution in [-0.2, 0) is 11.2 Å². The van der Waals surface area contributed by atoms with Crippen molar-refractivity contribution < 1.29 is 9.90 Å². The lowest BCUT2D eigenvalue weighted by Crippen LogP contribution is -2.38. The Morgan fingerprint density at radius 2 is 2.25 bits per heavy atom. The molecular formula is C12H19NO2S. The normalized spacial score (nSPS) is 15.0. The SMILES string of the molecule is CC(C(=O)O)C(C)N(C)CCc1cccs1. The summed E-state index contributed by atoms with van der Waals surface area (Å²) in [6.45, 7) is 4.63. The molecule has 0 fully saturated rings. The minimum Gasteiger partial charge on any atom is -0.481 e. The number of hydrogen-bond acceptors (Lipinski definition) is 3. The number of thiophene rings is 1. The lowest BCUT2D eigenvalue weighted by molar-refractivity contribution is -0.143. The number of nitrogens with zero attached hydrogens (tertiary/aromatic N) is 1. The van der Waals surface area contributed by atoms with Crippen LogP contribution in [0.5, 0.6) is 0 Å². The van der Waals surface area contributed by atoms with Crippen LogP contribution in [0, 0.1) is 5.92 Å². The topological polar surface area (TPSA) is 40.5 Å². The van der Waals surface area contributed by atoms with Gasteiger partial charge in [-0.05, 0) is 31.8 Å². The summed E-state index contributed by atoms with van der Waals surface area (Å²) in [5, 5.41) is 11.0. The highest BCUT2D eigenvalue weighted by atomic mass is 32.1. The molecule has 0 spiro atoms. The van der Waals surface area contributed by atoms with Crippen LogP contribution in [-0.4, -0.2) is 35.6 Å². The Balaban J connectivity index is 2.39. The molecule has 4 heteroatoms. The molecule has 1 aromatic rings. The first-order valence-corrected chi connectivity index (χ1v) is 6.35. The summed E-state index contributed by atoms with van der Waals surface area (Å²) in [6, 6.07) is 4.23. The summed E-state index contributed by atoms with van der Waals surface area (Å²) in [5.74, 6) is -1.05. The summed E-state index contributed by atoms with van der Waals surface area (Å²) < 4.78 is 0. The average Bonchev–Trinajstić information content (AvgIpc) is 2.76. The molecule has 0 aliphatic heterocycles. The molecule has 0 saturated heterocycles. The second-order valence-corrected chi connectivity index (χ2v) is 5.21. The van der Waals surface area contributed by atoms with Gasteiger partial charge in [0.05, 0.1) is 5.92 Å². The van der Waals surface area contributed by atoms with Crippen LogP contribution in [0.4, 0.5) is 0 Å². The van der Waals surface area contributed by atoms with Gasteiger partial charge < -0.3 is 10.0 Å². The van der Waals surface area contributed by atoms with Gasteiger partial charge in [-0.25, -0.2) is 0 Å². The second-order valence-electron chi connectivity index (χ2n) is 4.18. The zero-order valence-electron chi connectivity index (χ0n) is 10.0. The summed E-state index contributed by atoms with van der Waals surface area (Å²) in [4.78, 5) is 14.3. The number of hydrogen-bond donors (Lipinski definition) is 1. The average molecular weight is 241 g/mol. The Labute approximate surface area is 101 Å². The maximum atomic E-state index is 10.9. The molecule has 0 saturated carbocycles. The fraction of sp³-hybridized carbons (Fsp3) is 0.583. The molecule has 2 atom stereocenters. The van der Waals surface area contributed by atoms with Crippen molar-refractivity contribution in [3.8, 4) is 0 Å². The van der Waals surface area contributed by atoms with E-state index in [9.17, 15) is 4.79 Å². The maximum absolute atomic E-state index is 10.9. The van der Waals surface area contributed by atoms with Crippen LogP contribution in [0.3, 0.4) is 0 Å². The molecule has 1 rings (SSSR count). The highest BCUT2D eigenvalue weighted by Crippen LogP contribution is 2.13. The van der Waals surface area contributed by atoms with Crippen molar-refractivity contribution >= 4 is 17.3 Å². The Bertz CT molecular complexity index is 324. The Kier molecular flexibility index (Phi) is 4.96. The Hall–Kier alpha value is -0.870. The van der Waals surface area contributed by atoms with Crippen molar-refractivity contribution in [2.45, 2.75) is 26.3 Å². The smallest absolute Gasteiger partial charge is 0.307 e. The van der Waals surface area contributed by atoms with E-state index in [0.717, 1.165) is 13.0 Å². The number of aliphatic carboxylic acids is 1. The lowest BCUT2D eigenvalue weighted by Gasteiger charge is -2.27. The van der Waals surface area contributed by atoms with Gasteiger partial charge >= 0.3 is 5.97 Å². The molecule has 2 unspecified atom stereocenters. The third-order valence-electron chi connectivity index (χ3n) is 3.10. The van der Waals surface area contributed by atoms with E-state index in [4.69, 9.17) is 5.11 Å². The zero-order valence-corrected chi connectivity index (χ0v) is 10.8. The third-order valence-corrected chi connectivity index (χ3v) is 4.04. The third kappa shape index (κ3) is 3.61. The number of likely N-dealkylation sites (N-methyl/N-ethyl adjacent to an activating group) is 1. The highest BCUT2D eigenvalue weighted by Gasteiger charge is 2.22. The second kappa shape index (κ2) is 6.01. The van der Waals surface area contributed by atoms with Gasteiger partial charge in [0.25, 0.3) is 0 Å². The van der Waals surface area contributed by atoms with Crippen molar-refractivity contribution in [3.63, 3.8) is 0 Å². The molecule has 0 radical (unpaired) electrons. The molecule has 0 amide bonds. The van der Waals surface area contributed by atoms with Crippen LogP contribution >= 0.6 is 11.3 Å². The zero-order chi connectivity index (χ0) is 12.1. The summed E-state index contributed by atoms with van der Waals surface area (Å²) in [5.41, 5.74) is 0. The van der Waals surface area contributed by atoms with Gasteiger partial charge in [0.1, 0.15) is 0 Å². The molecular weight excluding hydrogens is 222 g/mol. The summed E-state index contributed by atoms with van der Waals surface area (Å²) in [6.07, 6.45) is 0.991. The number of carboxylic acids is 1. The molecule has 3 nitrogen and oxygen atoms in total. The van der Waals surface area contributed by atoms with Crippen molar-refractivity contribution in [3.05, 3.63) is 22.4 Å². The van der Waals surface area contributed by atoms with E-state index in [1.165, 1.54) is 4.88 Å². The monoisotopic (exact) mass is 241 g/mol. The molecule has 0 aliphatic rings. The largest absolute Gasteiger partial charge is 0.481 e. The van der Waals surface area contributed by atoms with Gasteiger partial charge in [0.2, 0.25) is 0 Å². The van der Waals surface area contributed by atoms with Crippen molar-refractivity contribution in [1.29, 1.82) is 0 Å². The lowest BCUT2D eigenvalue weighted by atomic mass is 10.0. The molecule has 1 N–H and O–H groups in total. The summed E-state index contributed by atoms with van der Waals surface area (Å²) in [7, 11) is 1.98. The summed E-state index contributed by atoms with van der Waals surface area (Å²) >= 11 is 1.75. The Morgan fingerprint density at radius 1 is 1.56 bits per heavy atom. The highest BCUT2D eigenvalue weighted by molar-refractivity contribution is 7.09. The molecule has 0 bridgehead atoms. The standard InChI is InChI=1S/C12H19NO2S/c1-9(12(14)15)10(2)13(3)7-6-11-5-4-8-16-11/h4-5,8-10H,6-7H2,1-3H3,(H,14,15). The molecule has 1 aromatic heterocycles. The fourth-order valence-corrected chi connectivity index (χ4v) is 2.23. The van der Waals surface area contributed by atoms with Crippen LogP contribution in [0.15, 0.2) is 17.5 Å². The molecule has 1 heterocycles. The molecule has 90 valence electrons. The number of rotatable bonds is 6. The number of carbonyl (C=O) groups is 1. The first kappa shape index (κ1) is 13.2. The van der Waals surface area contributed by atoms with Gasteiger partial charge in [-0.1, -0.05) is 13.0 Å². The maximum Gasteiger partial charge on any atom is 0.307 e. The van der Waals surface area contributed by atoms with Crippen LogP contribution in [0.2, 0.25) is 0 Å². The van der Waals surface area contributed by atoms with E-state index >= 15 is 0 Å². The van der Waals surface area contributed by atoms with Crippen molar-refractivity contribution in [2.75, 3.05) is 13.6 Å². The van der Waals surface area contributed by atoms with Gasteiger partial charge in [-0.3, -0.25) is 4.79 Å². The Morgan fingerprint density at radius 3 is 2.75 bits per heavy atom. The fourth-order valence-electron chi connectivity index (χ4n) is 1.53. The van der Waals surface area contributed by atoms with Gasteiger partial charge in [-0.15, -0.1) is 11.3 Å². The van der Waals surface area contributed by atoms with Crippen molar-refractivity contribution in [2.24, 2.45) is 5.92 Å². The number of carboxylic acid groups (broad SMARTS) is 1. The van der Waals surface area contributed by atoms with E-state index in [-0.39, 0.29) is 12.0 Å². The van der Waals surface area contributed by atoms with Crippen LogP contribution in [0.25, 0.3) is 0 Å². The molecule has 16 heavy (non-hydrogen) atoms. The van der Waals surface area contributed by atoms with Gasteiger partial charge in [-0.2, -0.15) is 0 Å². The quantitative estimate of drug-likeness (QED) is 0.831. The van der Waals surface area contributed by atoms with E-state index in [2.05, 4.69) is 16.3 Å².